The van der Waals surface area contributed by atoms with E-state index in [9.17, 15) is 9.90 Å². The summed E-state index contributed by atoms with van der Waals surface area (Å²) in [6, 6.07) is 0. The van der Waals surface area contributed by atoms with Crippen LogP contribution >= 0.6 is 15.9 Å². The van der Waals surface area contributed by atoms with Gasteiger partial charge in [0.15, 0.2) is 0 Å². The fourth-order valence-electron chi connectivity index (χ4n) is 6.87. The van der Waals surface area contributed by atoms with Crippen LogP contribution in [0.5, 0.6) is 0 Å². The van der Waals surface area contributed by atoms with Crippen LogP contribution < -0.4 is 0 Å². The van der Waals surface area contributed by atoms with Crippen molar-refractivity contribution in [3.63, 3.8) is 0 Å². The van der Waals surface area contributed by atoms with E-state index in [0.717, 1.165) is 61.7 Å². The second kappa shape index (κ2) is 9.07. The van der Waals surface area contributed by atoms with E-state index < -0.39 is 0 Å². The van der Waals surface area contributed by atoms with Gasteiger partial charge >= 0.3 is 0 Å². The zero-order valence-electron chi connectivity index (χ0n) is 16.9. The molecule has 150 valence electrons. The summed E-state index contributed by atoms with van der Waals surface area (Å²) in [7, 11) is 0. The number of carbonyl (C=O) groups is 1. The lowest BCUT2D eigenvalue weighted by Crippen LogP contribution is -2.47. The van der Waals surface area contributed by atoms with Gasteiger partial charge in [0, 0.05) is 5.92 Å². The highest BCUT2D eigenvalue weighted by molar-refractivity contribution is 9.09. The van der Waals surface area contributed by atoms with Gasteiger partial charge in [-0.2, -0.15) is 0 Å². The average molecular weight is 427 g/mol. The number of aliphatic hydroxyl groups is 1. The molecule has 3 rings (SSSR count). The van der Waals surface area contributed by atoms with Crippen LogP contribution in [0, 0.1) is 35.5 Å². The predicted octanol–water partition coefficient (Wildman–Crippen LogP) is 6.14. The topological polar surface area (TPSA) is 37.3 Å². The van der Waals surface area contributed by atoms with Crippen molar-refractivity contribution in [2.24, 2.45) is 35.5 Å². The molecule has 0 aromatic rings. The summed E-state index contributed by atoms with van der Waals surface area (Å²) in [4.78, 5) is 12.1. The molecule has 26 heavy (non-hydrogen) atoms. The minimum Gasteiger partial charge on any atom is -0.390 e. The zero-order valence-corrected chi connectivity index (χ0v) is 18.5. The molecule has 3 saturated carbocycles. The van der Waals surface area contributed by atoms with Crippen LogP contribution in [-0.2, 0) is 4.79 Å². The van der Waals surface area contributed by atoms with Crippen molar-refractivity contribution in [3.8, 4) is 0 Å². The maximum atomic E-state index is 12.1. The molecule has 0 aliphatic heterocycles. The molecule has 0 saturated heterocycles. The quantitative estimate of drug-likeness (QED) is 0.496. The Morgan fingerprint density at radius 1 is 1.12 bits per heavy atom. The Morgan fingerprint density at radius 3 is 2.62 bits per heavy atom. The summed E-state index contributed by atoms with van der Waals surface area (Å²) in [6.45, 7) is 4.32. The SMILES string of the molecule is CC[C@H](CC[C@@H]1CCC[C@H]2[C@H]1CC[C@H]1C[C@@](O)(CC)CC[C@@H]12)C(=O)CBr. The normalized spacial score (nSPS) is 41.2. The molecule has 0 spiro atoms. The zero-order chi connectivity index (χ0) is 18.7. The highest BCUT2D eigenvalue weighted by atomic mass is 79.9. The average Bonchev–Trinajstić information content (AvgIpc) is 2.67. The number of ketones is 1. The molecular formula is C23H39BrO2. The van der Waals surface area contributed by atoms with Crippen molar-refractivity contribution < 1.29 is 9.90 Å². The lowest BCUT2D eigenvalue weighted by atomic mass is 9.53. The molecule has 7 atom stereocenters. The van der Waals surface area contributed by atoms with E-state index in [1.165, 1.54) is 44.9 Å². The smallest absolute Gasteiger partial charge is 0.146 e. The van der Waals surface area contributed by atoms with Crippen LogP contribution in [0.3, 0.4) is 0 Å². The van der Waals surface area contributed by atoms with Crippen molar-refractivity contribution in [1.29, 1.82) is 0 Å². The first-order chi connectivity index (χ1) is 12.5. The van der Waals surface area contributed by atoms with Gasteiger partial charge in [-0.25, -0.2) is 0 Å². The van der Waals surface area contributed by atoms with Crippen LogP contribution in [0.1, 0.15) is 90.9 Å². The number of halogens is 1. The number of rotatable bonds is 7. The van der Waals surface area contributed by atoms with Crippen LogP contribution in [0.15, 0.2) is 0 Å². The van der Waals surface area contributed by atoms with Crippen LogP contribution in [-0.4, -0.2) is 21.8 Å². The summed E-state index contributed by atoms with van der Waals surface area (Å²) in [5.74, 6) is 4.95. The summed E-state index contributed by atoms with van der Waals surface area (Å²) >= 11 is 3.36. The van der Waals surface area contributed by atoms with Gasteiger partial charge in [-0.05, 0) is 93.8 Å². The second-order valence-electron chi connectivity index (χ2n) is 9.62. The maximum Gasteiger partial charge on any atom is 0.146 e. The number of fused-ring (bicyclic) bond motifs is 3. The molecule has 0 bridgehead atoms. The number of alkyl halides is 1. The third kappa shape index (κ3) is 4.40. The minimum absolute atomic E-state index is 0.264. The van der Waals surface area contributed by atoms with Gasteiger partial charge in [-0.1, -0.05) is 42.6 Å². The van der Waals surface area contributed by atoms with Gasteiger partial charge in [-0.15, -0.1) is 0 Å². The maximum absolute atomic E-state index is 12.1. The van der Waals surface area contributed by atoms with Crippen LogP contribution in [0.2, 0.25) is 0 Å². The van der Waals surface area contributed by atoms with E-state index >= 15 is 0 Å². The van der Waals surface area contributed by atoms with E-state index in [1.54, 1.807) is 0 Å². The third-order valence-electron chi connectivity index (χ3n) is 8.50. The van der Waals surface area contributed by atoms with Crippen molar-refractivity contribution in [1.82, 2.24) is 0 Å². The highest BCUT2D eigenvalue weighted by Crippen LogP contribution is 2.55. The number of carbonyl (C=O) groups excluding carboxylic acids is 1. The molecule has 2 nitrogen and oxygen atoms in total. The Bertz CT molecular complexity index is 479. The van der Waals surface area contributed by atoms with E-state index in [4.69, 9.17) is 0 Å². The van der Waals surface area contributed by atoms with E-state index in [0.29, 0.717) is 11.1 Å². The fraction of sp³-hybridized carbons (Fsp3) is 0.957. The fourth-order valence-corrected chi connectivity index (χ4v) is 7.33. The van der Waals surface area contributed by atoms with E-state index in [-0.39, 0.29) is 11.5 Å². The van der Waals surface area contributed by atoms with Gasteiger partial charge < -0.3 is 5.11 Å². The lowest BCUT2D eigenvalue weighted by Gasteiger charge is -2.53. The Kier molecular flexibility index (Phi) is 7.27. The molecule has 0 radical (unpaired) electrons. The molecule has 3 heteroatoms. The van der Waals surface area contributed by atoms with E-state index in [1.807, 2.05) is 0 Å². The Hall–Kier alpha value is 0.110. The first kappa shape index (κ1) is 20.8. The van der Waals surface area contributed by atoms with Crippen LogP contribution in [0.25, 0.3) is 0 Å². The minimum atomic E-state index is -0.369. The first-order valence-corrected chi connectivity index (χ1v) is 12.4. The molecule has 0 heterocycles. The monoisotopic (exact) mass is 426 g/mol. The Labute approximate surface area is 169 Å². The van der Waals surface area contributed by atoms with Gasteiger partial charge in [-0.3, -0.25) is 4.79 Å². The largest absolute Gasteiger partial charge is 0.390 e. The van der Waals surface area contributed by atoms with Gasteiger partial charge in [0.05, 0.1) is 10.9 Å². The standard InChI is InChI=1S/C23H39BrO2/c1-3-16(22(25)15-24)8-9-17-6-5-7-21-19(17)11-10-18-14-23(26,4-2)13-12-20(18)21/h16-21,26H,3-15H2,1-2H3/t16-,17+,18+,19+,20+,21+,23-/m1/s1. The highest BCUT2D eigenvalue weighted by Gasteiger charge is 2.48. The molecule has 0 aromatic heterocycles. The summed E-state index contributed by atoms with van der Waals surface area (Å²) < 4.78 is 0. The number of Topliss-reactive ketones (excluding diaryl/α,β-unsaturated/α-hetero) is 1. The number of hydrogen-bond acceptors (Lipinski definition) is 2. The van der Waals surface area contributed by atoms with Gasteiger partial charge in [0.1, 0.15) is 5.78 Å². The summed E-state index contributed by atoms with van der Waals surface area (Å²) in [5.41, 5.74) is -0.369. The van der Waals surface area contributed by atoms with Crippen molar-refractivity contribution in [3.05, 3.63) is 0 Å². The molecule has 3 fully saturated rings. The van der Waals surface area contributed by atoms with Crippen LogP contribution in [0.4, 0.5) is 0 Å². The Balaban J connectivity index is 1.60. The molecule has 0 amide bonds. The summed E-state index contributed by atoms with van der Waals surface area (Å²) in [6.07, 6.45) is 14.5. The second-order valence-corrected chi connectivity index (χ2v) is 10.2. The molecule has 1 N–H and O–H groups in total. The Morgan fingerprint density at radius 2 is 1.92 bits per heavy atom. The van der Waals surface area contributed by atoms with Gasteiger partial charge in [0.25, 0.3) is 0 Å². The van der Waals surface area contributed by atoms with Crippen molar-refractivity contribution in [2.75, 3.05) is 5.33 Å². The van der Waals surface area contributed by atoms with Crippen molar-refractivity contribution in [2.45, 2.75) is 96.5 Å². The predicted molar refractivity (Wildman–Crippen MR) is 111 cm³/mol. The first-order valence-electron chi connectivity index (χ1n) is 11.3. The molecular weight excluding hydrogens is 388 g/mol. The van der Waals surface area contributed by atoms with Gasteiger partial charge in [0.2, 0.25) is 0 Å². The van der Waals surface area contributed by atoms with E-state index in [2.05, 4.69) is 29.8 Å². The van der Waals surface area contributed by atoms with Crippen molar-refractivity contribution >= 4 is 21.7 Å². The molecule has 0 unspecified atom stereocenters. The lowest BCUT2D eigenvalue weighted by molar-refractivity contribution is -0.120. The molecule has 0 aromatic carbocycles. The summed E-state index contributed by atoms with van der Waals surface area (Å²) in [5, 5.41) is 11.3. The number of hydrogen-bond donors (Lipinski definition) is 1. The third-order valence-corrected chi connectivity index (χ3v) is 9.06. The molecule has 3 aliphatic carbocycles. The molecule has 3 aliphatic rings.